The van der Waals surface area contributed by atoms with Crippen LogP contribution in [-0.4, -0.2) is 22.5 Å². The minimum absolute atomic E-state index is 0.336. The summed E-state index contributed by atoms with van der Waals surface area (Å²) in [7, 11) is 0. The van der Waals surface area contributed by atoms with Gasteiger partial charge in [0.05, 0.1) is 22.5 Å². The van der Waals surface area contributed by atoms with Crippen LogP contribution in [0.3, 0.4) is 0 Å². The number of benzene rings is 3. The van der Waals surface area contributed by atoms with Crippen molar-refractivity contribution in [3.05, 3.63) is 101 Å². The standard InChI is InChI=1S/C26H20Cl2FN3O/c27-15-3-6-23(17-9-13-20(29)14-10-17)31-32-26(33)22-16-25(18-7-11-19(28)12-8-18)30-24-5-2-1-4-21(22)24/h1-2,4-5,7-14,16H,3,6,15H2,(H,32,33). The van der Waals surface area contributed by atoms with Crippen molar-refractivity contribution in [1.82, 2.24) is 10.4 Å². The molecule has 0 radical (unpaired) electrons. The first-order valence-electron chi connectivity index (χ1n) is 10.4. The number of alkyl halides is 1. The molecule has 4 nitrogen and oxygen atoms in total. The zero-order valence-electron chi connectivity index (χ0n) is 17.6. The molecule has 0 saturated heterocycles. The summed E-state index contributed by atoms with van der Waals surface area (Å²) in [6.45, 7) is 0. The zero-order chi connectivity index (χ0) is 23.2. The number of amides is 1. The van der Waals surface area contributed by atoms with E-state index in [1.807, 2.05) is 36.4 Å². The maximum absolute atomic E-state index is 13.3. The summed E-state index contributed by atoms with van der Waals surface area (Å²) in [5, 5.41) is 5.69. The monoisotopic (exact) mass is 479 g/mol. The number of hydrogen-bond donors (Lipinski definition) is 1. The lowest BCUT2D eigenvalue weighted by atomic mass is 10.0. The van der Waals surface area contributed by atoms with Crippen molar-refractivity contribution < 1.29 is 9.18 Å². The van der Waals surface area contributed by atoms with E-state index in [9.17, 15) is 9.18 Å². The Morgan fingerprint density at radius 3 is 2.45 bits per heavy atom. The van der Waals surface area contributed by atoms with Gasteiger partial charge in [0.25, 0.3) is 5.91 Å². The first-order chi connectivity index (χ1) is 16.0. The van der Waals surface area contributed by atoms with Gasteiger partial charge >= 0.3 is 0 Å². The highest BCUT2D eigenvalue weighted by Gasteiger charge is 2.14. The molecule has 0 atom stereocenters. The van der Waals surface area contributed by atoms with E-state index in [2.05, 4.69) is 10.5 Å². The number of aromatic nitrogens is 1. The molecule has 4 rings (SSSR count). The molecule has 0 unspecified atom stereocenters. The van der Waals surface area contributed by atoms with Gasteiger partial charge in [0.2, 0.25) is 0 Å². The molecule has 4 aromatic rings. The number of para-hydroxylation sites is 1. The minimum Gasteiger partial charge on any atom is -0.267 e. The number of carbonyl (C=O) groups excluding carboxylic acids is 1. The van der Waals surface area contributed by atoms with Gasteiger partial charge in [0, 0.05) is 21.9 Å². The highest BCUT2D eigenvalue weighted by atomic mass is 35.5. The van der Waals surface area contributed by atoms with E-state index in [0.717, 1.165) is 11.1 Å². The van der Waals surface area contributed by atoms with Gasteiger partial charge in [-0.1, -0.05) is 54.1 Å². The largest absolute Gasteiger partial charge is 0.272 e. The molecular formula is C26H20Cl2FN3O. The lowest BCUT2D eigenvalue weighted by Crippen LogP contribution is -2.21. The van der Waals surface area contributed by atoms with E-state index in [1.165, 1.54) is 12.1 Å². The van der Waals surface area contributed by atoms with Crippen molar-refractivity contribution >= 4 is 45.7 Å². The van der Waals surface area contributed by atoms with E-state index in [1.54, 1.807) is 30.3 Å². The molecule has 7 heteroatoms. The van der Waals surface area contributed by atoms with E-state index in [-0.39, 0.29) is 11.7 Å². The molecule has 1 heterocycles. The second-order valence-corrected chi connectivity index (χ2v) is 8.19. The molecule has 33 heavy (non-hydrogen) atoms. The molecule has 0 aliphatic heterocycles. The summed E-state index contributed by atoms with van der Waals surface area (Å²) < 4.78 is 13.3. The van der Waals surface area contributed by atoms with E-state index >= 15 is 0 Å². The summed E-state index contributed by atoms with van der Waals surface area (Å²) >= 11 is 11.9. The number of nitrogens with one attached hydrogen (secondary N) is 1. The molecule has 1 amide bonds. The van der Waals surface area contributed by atoms with E-state index in [4.69, 9.17) is 28.2 Å². The Kier molecular flexibility index (Phi) is 7.33. The lowest BCUT2D eigenvalue weighted by Gasteiger charge is -2.10. The summed E-state index contributed by atoms with van der Waals surface area (Å²) in [5.41, 5.74) is 6.66. The highest BCUT2D eigenvalue weighted by molar-refractivity contribution is 6.30. The number of hydrogen-bond acceptors (Lipinski definition) is 3. The number of halogens is 3. The number of carbonyl (C=O) groups is 1. The van der Waals surface area contributed by atoms with Gasteiger partial charge in [0.1, 0.15) is 5.82 Å². The second-order valence-electron chi connectivity index (χ2n) is 7.38. The molecular weight excluding hydrogens is 460 g/mol. The minimum atomic E-state index is -0.366. The average molecular weight is 480 g/mol. The summed E-state index contributed by atoms with van der Waals surface area (Å²) in [6.07, 6.45) is 1.22. The summed E-state index contributed by atoms with van der Waals surface area (Å²) in [4.78, 5) is 17.9. The second kappa shape index (κ2) is 10.6. The average Bonchev–Trinajstić information content (AvgIpc) is 2.84. The Morgan fingerprint density at radius 2 is 1.73 bits per heavy atom. The van der Waals surface area contributed by atoms with Crippen LogP contribution in [0.4, 0.5) is 4.39 Å². The molecule has 0 saturated carbocycles. The fourth-order valence-corrected chi connectivity index (χ4v) is 3.71. The fourth-order valence-electron chi connectivity index (χ4n) is 3.45. The predicted octanol–water partition coefficient (Wildman–Crippen LogP) is 6.85. The Hall–Kier alpha value is -3.28. The Morgan fingerprint density at radius 1 is 1.00 bits per heavy atom. The van der Waals surface area contributed by atoms with Crippen molar-refractivity contribution in [3.8, 4) is 11.3 Å². The smallest absolute Gasteiger partial charge is 0.267 e. The topological polar surface area (TPSA) is 54.4 Å². The van der Waals surface area contributed by atoms with Crippen LogP contribution in [0.2, 0.25) is 5.02 Å². The summed E-state index contributed by atoms with van der Waals surface area (Å²) in [5.74, 6) is -0.250. The molecule has 166 valence electrons. The van der Waals surface area contributed by atoms with Crippen LogP contribution in [0.25, 0.3) is 22.2 Å². The zero-order valence-corrected chi connectivity index (χ0v) is 19.1. The van der Waals surface area contributed by atoms with Crippen LogP contribution in [-0.2, 0) is 0 Å². The van der Waals surface area contributed by atoms with Gasteiger partial charge in [-0.05, 0) is 54.8 Å². The third kappa shape index (κ3) is 5.56. The SMILES string of the molecule is O=C(NN=C(CCCCl)c1ccc(F)cc1)c1cc(-c2ccc(Cl)cc2)nc2ccccc12. The van der Waals surface area contributed by atoms with Crippen molar-refractivity contribution in [2.45, 2.75) is 12.8 Å². The van der Waals surface area contributed by atoms with Gasteiger partial charge in [-0.15, -0.1) is 11.6 Å². The Bertz CT molecular complexity index is 1310. The van der Waals surface area contributed by atoms with E-state index in [0.29, 0.717) is 51.6 Å². The molecule has 0 aliphatic rings. The van der Waals surface area contributed by atoms with Gasteiger partial charge < -0.3 is 0 Å². The van der Waals surface area contributed by atoms with Crippen LogP contribution in [0.1, 0.15) is 28.8 Å². The molecule has 0 spiro atoms. The summed E-state index contributed by atoms with van der Waals surface area (Å²) in [6, 6.07) is 22.5. The molecule has 3 aromatic carbocycles. The van der Waals surface area contributed by atoms with Gasteiger partial charge in [-0.25, -0.2) is 14.8 Å². The van der Waals surface area contributed by atoms with Crippen LogP contribution in [0.15, 0.2) is 84.0 Å². The normalized spacial score (nSPS) is 11.5. The number of fused-ring (bicyclic) bond motifs is 1. The predicted molar refractivity (Wildman–Crippen MR) is 133 cm³/mol. The number of hydrazone groups is 1. The first kappa shape index (κ1) is 22.9. The van der Waals surface area contributed by atoms with Crippen molar-refractivity contribution in [2.75, 3.05) is 5.88 Å². The Labute approximate surface area is 201 Å². The maximum Gasteiger partial charge on any atom is 0.272 e. The molecule has 1 N–H and O–H groups in total. The first-order valence-corrected chi connectivity index (χ1v) is 11.3. The maximum atomic E-state index is 13.3. The van der Waals surface area contributed by atoms with Crippen LogP contribution >= 0.6 is 23.2 Å². The fraction of sp³-hybridized carbons (Fsp3) is 0.115. The molecule has 0 fully saturated rings. The van der Waals surface area contributed by atoms with Gasteiger partial charge in [0.15, 0.2) is 0 Å². The molecule has 0 bridgehead atoms. The molecule has 1 aromatic heterocycles. The van der Waals surface area contributed by atoms with E-state index < -0.39 is 0 Å². The number of nitrogens with zero attached hydrogens (tertiary/aromatic N) is 2. The quantitative estimate of drug-likeness (QED) is 0.179. The number of rotatable bonds is 7. The third-order valence-corrected chi connectivity index (χ3v) is 5.64. The lowest BCUT2D eigenvalue weighted by molar-refractivity contribution is 0.0956. The van der Waals surface area contributed by atoms with Crippen molar-refractivity contribution in [2.24, 2.45) is 5.10 Å². The van der Waals surface area contributed by atoms with Crippen molar-refractivity contribution in [1.29, 1.82) is 0 Å². The van der Waals surface area contributed by atoms with Gasteiger partial charge in [-0.3, -0.25) is 4.79 Å². The van der Waals surface area contributed by atoms with Gasteiger partial charge in [-0.2, -0.15) is 5.10 Å². The number of pyridine rings is 1. The highest BCUT2D eigenvalue weighted by Crippen LogP contribution is 2.26. The Balaban J connectivity index is 1.70. The van der Waals surface area contributed by atoms with Crippen molar-refractivity contribution in [3.63, 3.8) is 0 Å². The van der Waals surface area contributed by atoms with Crippen LogP contribution in [0.5, 0.6) is 0 Å². The van der Waals surface area contributed by atoms with Crippen LogP contribution in [0, 0.1) is 5.82 Å². The van der Waals surface area contributed by atoms with Crippen LogP contribution < -0.4 is 5.43 Å². The third-order valence-electron chi connectivity index (χ3n) is 5.12. The molecule has 0 aliphatic carbocycles.